The number of rotatable bonds is 7. The summed E-state index contributed by atoms with van der Waals surface area (Å²) in [5, 5.41) is 0. The van der Waals surface area contributed by atoms with Gasteiger partial charge in [-0.1, -0.05) is 79.4 Å². The summed E-state index contributed by atoms with van der Waals surface area (Å²) in [5.74, 6) is 0.919. The van der Waals surface area contributed by atoms with E-state index in [9.17, 15) is 4.79 Å². The Morgan fingerprint density at radius 1 is 0.969 bits per heavy atom. The molecule has 0 aliphatic heterocycles. The molecule has 2 saturated carbocycles. The third kappa shape index (κ3) is 4.67. The van der Waals surface area contributed by atoms with Gasteiger partial charge >= 0.3 is 0 Å². The molecule has 2 aromatic carbocycles. The first-order chi connectivity index (χ1) is 15.7. The van der Waals surface area contributed by atoms with Gasteiger partial charge in [0.15, 0.2) is 0 Å². The normalized spacial score (nSPS) is 20.8. The van der Waals surface area contributed by atoms with Crippen LogP contribution in [0.3, 0.4) is 0 Å². The second kappa shape index (κ2) is 9.36. The summed E-state index contributed by atoms with van der Waals surface area (Å²) >= 11 is 0. The monoisotopic (exact) mass is 426 g/mol. The molecule has 1 amide bonds. The van der Waals surface area contributed by atoms with Crippen LogP contribution in [0.5, 0.6) is 0 Å². The Hall–Kier alpha value is -2.81. The zero-order chi connectivity index (χ0) is 21.9. The summed E-state index contributed by atoms with van der Waals surface area (Å²) in [7, 11) is 0. The maximum absolute atomic E-state index is 13.7. The van der Waals surface area contributed by atoms with Gasteiger partial charge in [-0.2, -0.15) is 0 Å². The van der Waals surface area contributed by atoms with Crippen molar-refractivity contribution in [2.24, 2.45) is 5.92 Å². The van der Waals surface area contributed by atoms with E-state index in [2.05, 4.69) is 89.3 Å². The molecule has 32 heavy (non-hydrogen) atoms. The van der Waals surface area contributed by atoms with Crippen LogP contribution in [0.1, 0.15) is 66.8 Å². The molecule has 0 saturated heterocycles. The van der Waals surface area contributed by atoms with Gasteiger partial charge in [0, 0.05) is 30.4 Å². The number of aryl methyl sites for hydroxylation is 1. The van der Waals surface area contributed by atoms with Crippen molar-refractivity contribution in [3.63, 3.8) is 0 Å². The third-order valence-corrected chi connectivity index (χ3v) is 7.33. The molecule has 3 aromatic rings. The zero-order valence-corrected chi connectivity index (χ0v) is 19.1. The Morgan fingerprint density at radius 3 is 2.56 bits per heavy atom. The first kappa shape index (κ1) is 21.1. The Labute approximate surface area is 192 Å². The quantitative estimate of drug-likeness (QED) is 0.435. The number of hydrogen-bond acceptors (Lipinski definition) is 1. The number of nitrogens with zero attached hydrogens (tertiary/aromatic N) is 2. The highest BCUT2D eigenvalue weighted by Gasteiger charge is 2.46. The second-order valence-corrected chi connectivity index (χ2v) is 9.73. The summed E-state index contributed by atoms with van der Waals surface area (Å²) in [6, 6.07) is 24.0. The molecule has 0 spiro atoms. The molecule has 2 atom stereocenters. The minimum absolute atomic E-state index is 0.152. The van der Waals surface area contributed by atoms with Crippen LogP contribution in [0.15, 0.2) is 72.9 Å². The minimum atomic E-state index is 0.152. The molecular formula is C29H34N2O. The average molecular weight is 427 g/mol. The molecule has 0 bridgehead atoms. The Balaban J connectivity index is 1.35. The van der Waals surface area contributed by atoms with Crippen LogP contribution in [-0.2, 0) is 17.9 Å². The maximum atomic E-state index is 13.7. The predicted molar refractivity (Wildman–Crippen MR) is 129 cm³/mol. The minimum Gasteiger partial charge on any atom is -0.345 e. The van der Waals surface area contributed by atoms with Gasteiger partial charge in [-0.3, -0.25) is 4.79 Å². The van der Waals surface area contributed by atoms with Crippen molar-refractivity contribution < 1.29 is 4.79 Å². The molecule has 0 N–H and O–H groups in total. The largest absolute Gasteiger partial charge is 0.345 e. The van der Waals surface area contributed by atoms with Crippen molar-refractivity contribution >= 4 is 5.91 Å². The second-order valence-electron chi connectivity index (χ2n) is 9.73. The highest BCUT2D eigenvalue weighted by molar-refractivity contribution is 5.83. The van der Waals surface area contributed by atoms with Crippen LogP contribution in [0.2, 0.25) is 0 Å². The molecule has 1 heterocycles. The van der Waals surface area contributed by atoms with Crippen LogP contribution in [0.4, 0.5) is 0 Å². The van der Waals surface area contributed by atoms with Crippen LogP contribution in [0, 0.1) is 12.8 Å². The number of amides is 1. The standard InChI is InChI=1S/C29H34N2O/c1-22-10-8-11-23(18-22)20-30-17-9-16-26(30)21-31(25-14-6-3-7-15-25)29(32)28-19-27(28)24-12-4-2-5-13-24/h2,4-5,8-13,16-18,25,27-28H,3,6-7,14-15,19-21H2,1H3/t27-,28+/m1/s1. The fraction of sp³-hybridized carbons (Fsp3) is 0.414. The number of carbonyl (C=O) groups excluding carboxylic acids is 1. The van der Waals surface area contributed by atoms with Crippen molar-refractivity contribution in [1.29, 1.82) is 0 Å². The van der Waals surface area contributed by atoms with Crippen molar-refractivity contribution in [1.82, 2.24) is 9.47 Å². The first-order valence-corrected chi connectivity index (χ1v) is 12.2. The molecule has 5 rings (SSSR count). The van der Waals surface area contributed by atoms with Gasteiger partial charge in [-0.15, -0.1) is 0 Å². The van der Waals surface area contributed by atoms with E-state index in [0.29, 0.717) is 17.9 Å². The molecule has 1 aromatic heterocycles. The first-order valence-electron chi connectivity index (χ1n) is 12.2. The number of benzene rings is 2. The predicted octanol–water partition coefficient (Wildman–Crippen LogP) is 6.31. The van der Waals surface area contributed by atoms with E-state index >= 15 is 0 Å². The lowest BCUT2D eigenvalue weighted by Crippen LogP contribution is -2.42. The van der Waals surface area contributed by atoms with Gasteiger partial charge in [-0.25, -0.2) is 0 Å². The van der Waals surface area contributed by atoms with E-state index in [1.807, 2.05) is 0 Å². The van der Waals surface area contributed by atoms with Crippen molar-refractivity contribution in [3.05, 3.63) is 95.3 Å². The number of aromatic nitrogens is 1. The van der Waals surface area contributed by atoms with E-state index in [1.54, 1.807) is 0 Å². The summed E-state index contributed by atoms with van der Waals surface area (Å²) in [5.41, 5.74) is 5.15. The average Bonchev–Trinajstić information content (AvgIpc) is 3.52. The summed E-state index contributed by atoms with van der Waals surface area (Å²) in [4.78, 5) is 16.0. The molecule has 166 valence electrons. The lowest BCUT2D eigenvalue weighted by Gasteiger charge is -2.35. The van der Waals surface area contributed by atoms with Crippen LogP contribution in [-0.4, -0.2) is 21.4 Å². The highest BCUT2D eigenvalue weighted by Crippen LogP contribution is 2.49. The van der Waals surface area contributed by atoms with Crippen LogP contribution in [0.25, 0.3) is 0 Å². The van der Waals surface area contributed by atoms with E-state index in [4.69, 9.17) is 0 Å². The molecule has 0 unspecified atom stereocenters. The molecule has 2 aliphatic carbocycles. The molecule has 3 heteroatoms. The van der Waals surface area contributed by atoms with Gasteiger partial charge in [-0.05, 0) is 55.4 Å². The Kier molecular flexibility index (Phi) is 6.16. The van der Waals surface area contributed by atoms with Gasteiger partial charge in [0.05, 0.1) is 6.54 Å². The van der Waals surface area contributed by atoms with Gasteiger partial charge in [0.25, 0.3) is 0 Å². The van der Waals surface area contributed by atoms with E-state index in [-0.39, 0.29) is 5.92 Å². The van der Waals surface area contributed by atoms with E-state index in [0.717, 1.165) is 32.4 Å². The van der Waals surface area contributed by atoms with Crippen molar-refractivity contribution in [3.8, 4) is 0 Å². The summed E-state index contributed by atoms with van der Waals surface area (Å²) < 4.78 is 2.32. The lowest BCUT2D eigenvalue weighted by atomic mass is 9.93. The third-order valence-electron chi connectivity index (χ3n) is 7.33. The van der Waals surface area contributed by atoms with Gasteiger partial charge in [0.2, 0.25) is 5.91 Å². The fourth-order valence-electron chi connectivity index (χ4n) is 5.46. The summed E-state index contributed by atoms with van der Waals surface area (Å²) in [6.45, 7) is 3.72. The van der Waals surface area contributed by atoms with Crippen LogP contribution >= 0.6 is 0 Å². The van der Waals surface area contributed by atoms with Gasteiger partial charge < -0.3 is 9.47 Å². The number of carbonyl (C=O) groups is 1. The molecule has 2 fully saturated rings. The Bertz CT molecular complexity index is 1050. The SMILES string of the molecule is Cc1cccc(Cn2cccc2CN(C(=O)[C@H]2C[C@@H]2c2ccccc2)C2CCCCC2)c1. The Morgan fingerprint density at radius 2 is 1.78 bits per heavy atom. The number of hydrogen-bond donors (Lipinski definition) is 0. The maximum Gasteiger partial charge on any atom is 0.226 e. The van der Waals surface area contributed by atoms with Gasteiger partial charge in [0.1, 0.15) is 0 Å². The molecular weight excluding hydrogens is 392 g/mol. The highest BCUT2D eigenvalue weighted by atomic mass is 16.2. The van der Waals surface area contributed by atoms with Crippen molar-refractivity contribution in [2.45, 2.75) is 70.5 Å². The van der Waals surface area contributed by atoms with Crippen molar-refractivity contribution in [2.75, 3.05) is 0 Å². The molecule has 0 radical (unpaired) electrons. The zero-order valence-electron chi connectivity index (χ0n) is 19.1. The smallest absolute Gasteiger partial charge is 0.226 e. The fourth-order valence-corrected chi connectivity index (χ4v) is 5.46. The van der Waals surface area contributed by atoms with E-state index in [1.165, 1.54) is 41.6 Å². The molecule has 3 nitrogen and oxygen atoms in total. The molecule has 2 aliphatic rings. The van der Waals surface area contributed by atoms with Crippen LogP contribution < -0.4 is 0 Å². The summed E-state index contributed by atoms with van der Waals surface area (Å²) in [6.07, 6.45) is 9.23. The topological polar surface area (TPSA) is 25.2 Å². The lowest BCUT2D eigenvalue weighted by molar-refractivity contribution is -0.136. The van der Waals surface area contributed by atoms with E-state index < -0.39 is 0 Å².